The summed E-state index contributed by atoms with van der Waals surface area (Å²) in [6, 6.07) is 7.10. The van der Waals surface area contributed by atoms with Crippen LogP contribution in [0, 0.1) is 0 Å². The Morgan fingerprint density at radius 2 is 1.90 bits per heavy atom. The first kappa shape index (κ1) is 15.6. The molecule has 7 nitrogen and oxygen atoms in total. The predicted octanol–water partition coefficient (Wildman–Crippen LogP) is 0.623. The highest BCUT2D eigenvalue weighted by atomic mass is 32.2. The summed E-state index contributed by atoms with van der Waals surface area (Å²) < 4.78 is 24.5. The summed E-state index contributed by atoms with van der Waals surface area (Å²) in [6.45, 7) is 5.20. The van der Waals surface area contributed by atoms with Gasteiger partial charge in [0, 0.05) is 12.3 Å². The van der Waals surface area contributed by atoms with Crippen molar-refractivity contribution in [3.05, 3.63) is 35.7 Å². The van der Waals surface area contributed by atoms with Gasteiger partial charge in [-0.3, -0.25) is 0 Å². The highest BCUT2D eigenvalue weighted by Crippen LogP contribution is 2.11. The van der Waals surface area contributed by atoms with Crippen LogP contribution < -0.4 is 5.32 Å². The average Bonchev–Trinajstić information content (AvgIpc) is 2.83. The van der Waals surface area contributed by atoms with Gasteiger partial charge in [-0.25, -0.2) is 13.1 Å². The maximum atomic E-state index is 11.4. The van der Waals surface area contributed by atoms with Gasteiger partial charge >= 0.3 is 0 Å². The number of rotatable bonds is 6. The topological polar surface area (TPSA) is 89.8 Å². The number of benzene rings is 1. The van der Waals surface area contributed by atoms with Crippen molar-refractivity contribution in [2.45, 2.75) is 37.9 Å². The minimum absolute atomic E-state index is 0.310. The van der Waals surface area contributed by atoms with E-state index in [9.17, 15) is 8.42 Å². The monoisotopic (exact) mass is 309 g/mol. The quantitative estimate of drug-likeness (QED) is 0.841. The molecule has 0 aliphatic carbocycles. The minimum atomic E-state index is -3.17. The molecule has 0 aliphatic rings. The third-order valence-electron chi connectivity index (χ3n) is 2.96. The molecule has 1 heterocycles. The Kier molecular flexibility index (Phi) is 4.69. The molecule has 0 fully saturated rings. The zero-order valence-electron chi connectivity index (χ0n) is 12.3. The van der Waals surface area contributed by atoms with Gasteiger partial charge in [-0.05, 0) is 28.1 Å². The summed E-state index contributed by atoms with van der Waals surface area (Å²) in [6.07, 6.45) is 1.19. The third kappa shape index (κ3) is 4.33. The smallest absolute Gasteiger partial charge is 0.175 e. The number of hydrogen-bond donors (Lipinski definition) is 1. The fourth-order valence-electron chi connectivity index (χ4n) is 1.78. The van der Waals surface area contributed by atoms with Crippen LogP contribution in [0.1, 0.15) is 25.2 Å². The molecular formula is C13H19N5O2S. The van der Waals surface area contributed by atoms with Crippen LogP contribution in [0.4, 0.5) is 0 Å². The Labute approximate surface area is 124 Å². The molecule has 0 aliphatic heterocycles. The second kappa shape index (κ2) is 6.31. The fraction of sp³-hybridized carbons (Fsp3) is 0.462. The van der Waals surface area contributed by atoms with Crippen molar-refractivity contribution in [3.8, 4) is 0 Å². The van der Waals surface area contributed by atoms with Crippen LogP contribution in [0.3, 0.4) is 0 Å². The van der Waals surface area contributed by atoms with E-state index in [0.717, 1.165) is 11.4 Å². The number of nitrogens with zero attached hydrogens (tertiary/aromatic N) is 4. The van der Waals surface area contributed by atoms with E-state index in [1.807, 2.05) is 0 Å². The van der Waals surface area contributed by atoms with Crippen molar-refractivity contribution in [1.82, 2.24) is 25.5 Å². The molecule has 1 aromatic carbocycles. The molecule has 2 rings (SSSR count). The van der Waals surface area contributed by atoms with Crippen molar-refractivity contribution in [2.75, 3.05) is 6.26 Å². The second-order valence-corrected chi connectivity index (χ2v) is 7.22. The molecule has 0 spiro atoms. The molecule has 0 saturated carbocycles. The predicted molar refractivity (Wildman–Crippen MR) is 78.4 cm³/mol. The molecule has 8 heteroatoms. The molecule has 1 N–H and O–H groups in total. The largest absolute Gasteiger partial charge is 0.308 e. The number of sulfone groups is 1. The molecule has 0 radical (unpaired) electrons. The minimum Gasteiger partial charge on any atom is -0.308 e. The summed E-state index contributed by atoms with van der Waals surface area (Å²) in [5.41, 5.74) is 0.945. The Bertz CT molecular complexity index is 692. The van der Waals surface area contributed by atoms with Crippen LogP contribution in [-0.4, -0.2) is 40.9 Å². The van der Waals surface area contributed by atoms with Gasteiger partial charge in [-0.15, -0.1) is 5.10 Å². The molecular weight excluding hydrogens is 290 g/mol. The molecule has 0 amide bonds. The molecule has 0 bridgehead atoms. The number of nitrogens with one attached hydrogen (secondary N) is 1. The molecule has 0 saturated heterocycles. The van der Waals surface area contributed by atoms with Gasteiger partial charge in [0.2, 0.25) is 0 Å². The first-order valence-electron chi connectivity index (χ1n) is 6.63. The van der Waals surface area contributed by atoms with E-state index in [0.29, 0.717) is 24.0 Å². The summed E-state index contributed by atoms with van der Waals surface area (Å²) in [7, 11) is -3.17. The summed E-state index contributed by atoms with van der Waals surface area (Å²) in [5, 5.41) is 14.9. The average molecular weight is 309 g/mol. The molecule has 114 valence electrons. The van der Waals surface area contributed by atoms with Crippen molar-refractivity contribution in [3.63, 3.8) is 0 Å². The summed E-state index contributed by atoms with van der Waals surface area (Å²) in [4.78, 5) is 0.310. The Balaban J connectivity index is 2.10. The SMILES string of the molecule is CC(C)NCc1nnnn1Cc1ccc(S(C)(=O)=O)cc1. The fourth-order valence-corrected chi connectivity index (χ4v) is 2.41. The maximum absolute atomic E-state index is 11.4. The molecule has 0 atom stereocenters. The van der Waals surface area contributed by atoms with E-state index in [-0.39, 0.29) is 0 Å². The molecule has 2 aromatic rings. The van der Waals surface area contributed by atoms with E-state index in [4.69, 9.17) is 0 Å². The lowest BCUT2D eigenvalue weighted by molar-refractivity contribution is 0.537. The van der Waals surface area contributed by atoms with E-state index >= 15 is 0 Å². The van der Waals surface area contributed by atoms with Crippen molar-refractivity contribution >= 4 is 9.84 Å². The zero-order chi connectivity index (χ0) is 15.5. The zero-order valence-corrected chi connectivity index (χ0v) is 13.1. The van der Waals surface area contributed by atoms with Crippen molar-refractivity contribution in [2.24, 2.45) is 0 Å². The second-order valence-electron chi connectivity index (χ2n) is 5.20. The molecule has 21 heavy (non-hydrogen) atoms. The standard InChI is InChI=1S/C13H19N5O2S/c1-10(2)14-8-13-15-16-17-18(13)9-11-4-6-12(7-5-11)21(3,19)20/h4-7,10,14H,8-9H2,1-3H3. The third-order valence-corrected chi connectivity index (χ3v) is 4.09. The van der Waals surface area contributed by atoms with Gasteiger partial charge in [0.25, 0.3) is 0 Å². The first-order valence-corrected chi connectivity index (χ1v) is 8.53. The lowest BCUT2D eigenvalue weighted by atomic mass is 10.2. The summed E-state index contributed by atoms with van der Waals surface area (Å²) in [5.74, 6) is 0.746. The normalized spacial score (nSPS) is 12.0. The number of tetrazole rings is 1. The Hall–Kier alpha value is -1.80. The number of aromatic nitrogens is 4. The van der Waals surface area contributed by atoms with Crippen LogP contribution in [0.5, 0.6) is 0 Å². The first-order chi connectivity index (χ1) is 9.86. The highest BCUT2D eigenvalue weighted by Gasteiger charge is 2.09. The van der Waals surface area contributed by atoms with Crippen LogP contribution >= 0.6 is 0 Å². The Morgan fingerprint density at radius 1 is 1.24 bits per heavy atom. The van der Waals surface area contributed by atoms with Crippen LogP contribution in [0.25, 0.3) is 0 Å². The van der Waals surface area contributed by atoms with E-state index in [2.05, 4.69) is 34.7 Å². The van der Waals surface area contributed by atoms with Gasteiger partial charge in [0.05, 0.1) is 18.0 Å². The number of hydrogen-bond acceptors (Lipinski definition) is 6. The van der Waals surface area contributed by atoms with E-state index in [1.54, 1.807) is 28.9 Å². The lowest BCUT2D eigenvalue weighted by Gasteiger charge is -2.08. The highest BCUT2D eigenvalue weighted by molar-refractivity contribution is 7.90. The molecule has 1 aromatic heterocycles. The van der Waals surface area contributed by atoms with Gasteiger partial charge < -0.3 is 5.32 Å². The van der Waals surface area contributed by atoms with E-state index < -0.39 is 9.84 Å². The maximum Gasteiger partial charge on any atom is 0.175 e. The van der Waals surface area contributed by atoms with Gasteiger partial charge in [0.15, 0.2) is 15.7 Å². The summed E-state index contributed by atoms with van der Waals surface area (Å²) >= 11 is 0. The van der Waals surface area contributed by atoms with Gasteiger partial charge in [-0.2, -0.15) is 0 Å². The van der Waals surface area contributed by atoms with Crippen molar-refractivity contribution in [1.29, 1.82) is 0 Å². The van der Waals surface area contributed by atoms with Gasteiger partial charge in [-0.1, -0.05) is 26.0 Å². The van der Waals surface area contributed by atoms with E-state index in [1.165, 1.54) is 6.26 Å². The van der Waals surface area contributed by atoms with Crippen molar-refractivity contribution < 1.29 is 8.42 Å². The van der Waals surface area contributed by atoms with Crippen LogP contribution in [0.2, 0.25) is 0 Å². The van der Waals surface area contributed by atoms with Crippen LogP contribution in [0.15, 0.2) is 29.2 Å². The molecule has 0 unspecified atom stereocenters. The Morgan fingerprint density at radius 3 is 2.48 bits per heavy atom. The van der Waals surface area contributed by atoms with Crippen LogP contribution in [-0.2, 0) is 22.9 Å². The van der Waals surface area contributed by atoms with Gasteiger partial charge in [0.1, 0.15) is 0 Å². The lowest BCUT2D eigenvalue weighted by Crippen LogP contribution is -2.24.